The second-order valence-electron chi connectivity index (χ2n) is 4.99. The molecule has 2 heterocycles. The zero-order valence-corrected chi connectivity index (χ0v) is 11.4. The Morgan fingerprint density at radius 1 is 1.20 bits per heavy atom. The summed E-state index contributed by atoms with van der Waals surface area (Å²) < 4.78 is 21.8. The van der Waals surface area contributed by atoms with Crippen LogP contribution in [-0.4, -0.2) is 38.7 Å². The largest absolute Gasteiger partial charge is 0.459 e. The van der Waals surface area contributed by atoms with Crippen molar-refractivity contribution in [2.24, 2.45) is 5.92 Å². The Labute approximate surface area is 117 Å². The molecule has 0 N–H and O–H groups in total. The molecule has 3 unspecified atom stereocenters. The molecular formula is C15H18O5. The Balaban J connectivity index is 1.72. The minimum absolute atomic E-state index is 0.258. The van der Waals surface area contributed by atoms with Gasteiger partial charge in [-0.2, -0.15) is 0 Å². The molecule has 0 amide bonds. The van der Waals surface area contributed by atoms with Crippen LogP contribution in [0.2, 0.25) is 0 Å². The standard InChI is InChI=1S/C15H18O5/c1-17-13(10-5-3-2-4-6-10)12-9-11(14(16)20-12)15-18-7-8-19-15/h2-6,11-13,15H,7-9H2,1H3. The summed E-state index contributed by atoms with van der Waals surface area (Å²) in [7, 11) is 1.63. The number of carbonyl (C=O) groups is 1. The van der Waals surface area contributed by atoms with Gasteiger partial charge in [0.2, 0.25) is 0 Å². The van der Waals surface area contributed by atoms with Crippen molar-refractivity contribution in [2.45, 2.75) is 24.9 Å². The minimum atomic E-state index is -0.472. The molecule has 0 aromatic heterocycles. The Hall–Kier alpha value is -1.43. The van der Waals surface area contributed by atoms with Gasteiger partial charge in [0.1, 0.15) is 18.1 Å². The van der Waals surface area contributed by atoms with Crippen LogP contribution in [0.4, 0.5) is 0 Å². The van der Waals surface area contributed by atoms with Crippen molar-refractivity contribution in [1.82, 2.24) is 0 Å². The molecule has 108 valence electrons. The second-order valence-corrected chi connectivity index (χ2v) is 4.99. The number of methoxy groups -OCH3 is 1. The molecule has 0 aliphatic carbocycles. The Morgan fingerprint density at radius 3 is 2.55 bits per heavy atom. The van der Waals surface area contributed by atoms with Gasteiger partial charge in [-0.05, 0) is 5.56 Å². The van der Waals surface area contributed by atoms with Gasteiger partial charge in [-0.25, -0.2) is 0 Å². The molecule has 20 heavy (non-hydrogen) atoms. The van der Waals surface area contributed by atoms with Crippen LogP contribution < -0.4 is 0 Å². The van der Waals surface area contributed by atoms with Crippen LogP contribution in [0.3, 0.4) is 0 Å². The molecule has 5 heteroatoms. The summed E-state index contributed by atoms with van der Waals surface area (Å²) >= 11 is 0. The van der Waals surface area contributed by atoms with Crippen molar-refractivity contribution in [3.63, 3.8) is 0 Å². The maximum atomic E-state index is 12.0. The van der Waals surface area contributed by atoms with E-state index < -0.39 is 6.29 Å². The number of rotatable bonds is 4. The highest BCUT2D eigenvalue weighted by Crippen LogP contribution is 2.36. The first kappa shape index (κ1) is 13.5. The quantitative estimate of drug-likeness (QED) is 0.784. The summed E-state index contributed by atoms with van der Waals surface area (Å²) in [6.45, 7) is 1.07. The van der Waals surface area contributed by atoms with Gasteiger partial charge in [-0.1, -0.05) is 30.3 Å². The fraction of sp³-hybridized carbons (Fsp3) is 0.533. The van der Waals surface area contributed by atoms with Crippen LogP contribution in [0.5, 0.6) is 0 Å². The number of esters is 1. The van der Waals surface area contributed by atoms with E-state index in [1.54, 1.807) is 7.11 Å². The van der Waals surface area contributed by atoms with E-state index >= 15 is 0 Å². The highest BCUT2D eigenvalue weighted by atomic mass is 16.7. The molecule has 0 bridgehead atoms. The van der Waals surface area contributed by atoms with E-state index in [0.717, 1.165) is 5.56 Å². The predicted octanol–water partition coefficient (Wildman–Crippen LogP) is 1.68. The van der Waals surface area contributed by atoms with Gasteiger partial charge in [-0.15, -0.1) is 0 Å². The van der Waals surface area contributed by atoms with Crippen LogP contribution in [0.15, 0.2) is 30.3 Å². The van der Waals surface area contributed by atoms with Crippen molar-refractivity contribution in [2.75, 3.05) is 20.3 Å². The first-order valence-electron chi connectivity index (χ1n) is 6.81. The molecule has 5 nitrogen and oxygen atoms in total. The molecule has 2 saturated heterocycles. The third-order valence-electron chi connectivity index (χ3n) is 3.75. The van der Waals surface area contributed by atoms with Crippen LogP contribution in [0.25, 0.3) is 0 Å². The van der Waals surface area contributed by atoms with Crippen molar-refractivity contribution in [1.29, 1.82) is 0 Å². The molecule has 0 spiro atoms. The summed E-state index contributed by atoms with van der Waals surface area (Å²) in [6, 6.07) is 9.77. The molecule has 3 rings (SSSR count). The van der Waals surface area contributed by atoms with Gasteiger partial charge in [-0.3, -0.25) is 4.79 Å². The lowest BCUT2D eigenvalue weighted by molar-refractivity contribution is -0.157. The summed E-state index contributed by atoms with van der Waals surface area (Å²) in [5.74, 6) is -0.622. The van der Waals surface area contributed by atoms with Crippen LogP contribution in [0.1, 0.15) is 18.1 Å². The molecule has 2 fully saturated rings. The predicted molar refractivity (Wildman–Crippen MR) is 69.9 cm³/mol. The molecule has 1 aromatic carbocycles. The van der Waals surface area contributed by atoms with E-state index in [0.29, 0.717) is 19.6 Å². The number of carbonyl (C=O) groups excluding carboxylic acids is 1. The zero-order valence-electron chi connectivity index (χ0n) is 11.4. The fourth-order valence-corrected chi connectivity index (χ4v) is 2.79. The van der Waals surface area contributed by atoms with Crippen molar-refractivity contribution in [3.05, 3.63) is 35.9 Å². The summed E-state index contributed by atoms with van der Waals surface area (Å²) in [6.07, 6.45) is -0.475. The molecule has 3 atom stereocenters. The second kappa shape index (κ2) is 5.91. The van der Waals surface area contributed by atoms with E-state index in [-0.39, 0.29) is 24.1 Å². The van der Waals surface area contributed by atoms with E-state index in [2.05, 4.69) is 0 Å². The highest BCUT2D eigenvalue weighted by Gasteiger charge is 2.45. The zero-order chi connectivity index (χ0) is 13.9. The number of hydrogen-bond donors (Lipinski definition) is 0. The number of benzene rings is 1. The van der Waals surface area contributed by atoms with Crippen molar-refractivity contribution in [3.8, 4) is 0 Å². The van der Waals surface area contributed by atoms with Crippen LogP contribution in [0, 0.1) is 5.92 Å². The van der Waals surface area contributed by atoms with Gasteiger partial charge >= 0.3 is 5.97 Å². The first-order valence-corrected chi connectivity index (χ1v) is 6.81. The Morgan fingerprint density at radius 2 is 1.90 bits per heavy atom. The third-order valence-corrected chi connectivity index (χ3v) is 3.75. The van der Waals surface area contributed by atoms with Crippen LogP contribution >= 0.6 is 0 Å². The Kier molecular flexibility index (Phi) is 4.00. The number of hydrogen-bond acceptors (Lipinski definition) is 5. The molecule has 2 aliphatic heterocycles. The summed E-state index contributed by atoms with van der Waals surface area (Å²) in [4.78, 5) is 12.0. The van der Waals surface area contributed by atoms with Crippen molar-refractivity contribution >= 4 is 5.97 Å². The molecule has 0 saturated carbocycles. The summed E-state index contributed by atoms with van der Waals surface area (Å²) in [5.41, 5.74) is 1.00. The SMILES string of the molecule is COC(c1ccccc1)C1CC(C2OCCO2)C(=O)O1. The maximum absolute atomic E-state index is 12.0. The minimum Gasteiger partial charge on any atom is -0.459 e. The van der Waals surface area contributed by atoms with E-state index in [9.17, 15) is 4.79 Å². The van der Waals surface area contributed by atoms with Gasteiger partial charge < -0.3 is 18.9 Å². The third kappa shape index (κ3) is 2.57. The van der Waals surface area contributed by atoms with Gasteiger partial charge in [0, 0.05) is 13.5 Å². The fourth-order valence-electron chi connectivity index (χ4n) is 2.79. The lowest BCUT2D eigenvalue weighted by Gasteiger charge is -2.21. The molecule has 1 aromatic rings. The molecular weight excluding hydrogens is 260 g/mol. The smallest absolute Gasteiger partial charge is 0.314 e. The first-order chi connectivity index (χ1) is 9.79. The topological polar surface area (TPSA) is 54.0 Å². The number of cyclic esters (lactones) is 1. The Bertz CT molecular complexity index is 455. The van der Waals surface area contributed by atoms with E-state index in [1.165, 1.54) is 0 Å². The molecule has 0 radical (unpaired) electrons. The molecule has 2 aliphatic rings. The van der Waals surface area contributed by atoms with Gasteiger partial charge in [0.25, 0.3) is 0 Å². The number of ether oxygens (including phenoxy) is 4. The maximum Gasteiger partial charge on any atom is 0.314 e. The average molecular weight is 278 g/mol. The van der Waals surface area contributed by atoms with Crippen LogP contribution in [-0.2, 0) is 23.7 Å². The highest BCUT2D eigenvalue weighted by molar-refractivity contribution is 5.75. The lowest BCUT2D eigenvalue weighted by Crippen LogP contribution is -2.25. The normalized spacial score (nSPS) is 28.6. The van der Waals surface area contributed by atoms with Gasteiger partial charge in [0.05, 0.1) is 13.2 Å². The summed E-state index contributed by atoms with van der Waals surface area (Å²) in [5, 5.41) is 0. The average Bonchev–Trinajstić information content (AvgIpc) is 3.10. The van der Waals surface area contributed by atoms with E-state index in [4.69, 9.17) is 18.9 Å². The van der Waals surface area contributed by atoms with Crippen molar-refractivity contribution < 1.29 is 23.7 Å². The van der Waals surface area contributed by atoms with E-state index in [1.807, 2.05) is 30.3 Å². The lowest BCUT2D eigenvalue weighted by atomic mass is 9.97. The monoisotopic (exact) mass is 278 g/mol. The van der Waals surface area contributed by atoms with Gasteiger partial charge in [0.15, 0.2) is 6.29 Å².